The summed E-state index contributed by atoms with van der Waals surface area (Å²) in [5, 5.41) is 5.18. The van der Waals surface area contributed by atoms with Crippen molar-refractivity contribution in [3.8, 4) is 0 Å². The van der Waals surface area contributed by atoms with Crippen molar-refractivity contribution < 1.29 is 22.8 Å². The van der Waals surface area contributed by atoms with Crippen molar-refractivity contribution in [2.75, 3.05) is 6.54 Å². The number of alkyl halides is 3. The van der Waals surface area contributed by atoms with Crippen molar-refractivity contribution in [1.29, 1.82) is 0 Å². The molecule has 6 nitrogen and oxygen atoms in total. The SMILES string of the molecule is CC(C)CCNC(=O)c1nc[nH]c1C(=O)NCc1cccc(C(F)(F)F)c1. The summed E-state index contributed by atoms with van der Waals surface area (Å²) in [7, 11) is 0. The van der Waals surface area contributed by atoms with Gasteiger partial charge in [-0.15, -0.1) is 0 Å². The van der Waals surface area contributed by atoms with Crippen LogP contribution >= 0.6 is 0 Å². The molecule has 0 saturated heterocycles. The number of carbonyl (C=O) groups is 2. The molecule has 2 amide bonds. The number of imidazole rings is 1. The van der Waals surface area contributed by atoms with Crippen molar-refractivity contribution in [2.24, 2.45) is 5.92 Å². The number of amides is 2. The molecule has 1 aromatic heterocycles. The number of aromatic nitrogens is 2. The fourth-order valence-electron chi connectivity index (χ4n) is 2.33. The van der Waals surface area contributed by atoms with E-state index in [1.54, 1.807) is 0 Å². The van der Waals surface area contributed by atoms with Gasteiger partial charge in [-0.05, 0) is 30.0 Å². The summed E-state index contributed by atoms with van der Waals surface area (Å²) in [5.74, 6) is -0.695. The van der Waals surface area contributed by atoms with Crippen LogP contribution < -0.4 is 10.6 Å². The van der Waals surface area contributed by atoms with Crippen LogP contribution in [0.15, 0.2) is 30.6 Å². The molecule has 0 aliphatic heterocycles. The average molecular weight is 382 g/mol. The minimum absolute atomic E-state index is 0.0379. The Balaban J connectivity index is 1.99. The number of nitrogens with one attached hydrogen (secondary N) is 3. The van der Waals surface area contributed by atoms with Crippen LogP contribution in [0.3, 0.4) is 0 Å². The molecule has 0 radical (unpaired) electrons. The van der Waals surface area contributed by atoms with Crippen molar-refractivity contribution in [3.63, 3.8) is 0 Å². The molecule has 1 aromatic carbocycles. The first-order valence-corrected chi connectivity index (χ1v) is 8.44. The molecule has 0 unspecified atom stereocenters. The summed E-state index contributed by atoms with van der Waals surface area (Å²) in [4.78, 5) is 30.9. The fraction of sp³-hybridized carbons (Fsp3) is 0.389. The van der Waals surface area contributed by atoms with Crippen LogP contribution in [0.5, 0.6) is 0 Å². The van der Waals surface area contributed by atoms with Gasteiger partial charge in [0, 0.05) is 13.1 Å². The number of hydrogen-bond acceptors (Lipinski definition) is 3. The molecular formula is C18H21F3N4O2. The highest BCUT2D eigenvalue weighted by atomic mass is 19.4. The van der Waals surface area contributed by atoms with Gasteiger partial charge >= 0.3 is 6.18 Å². The minimum atomic E-state index is -4.45. The van der Waals surface area contributed by atoms with Gasteiger partial charge < -0.3 is 15.6 Å². The van der Waals surface area contributed by atoms with Gasteiger partial charge in [-0.2, -0.15) is 13.2 Å². The zero-order valence-corrected chi connectivity index (χ0v) is 15.0. The smallest absolute Gasteiger partial charge is 0.351 e. The summed E-state index contributed by atoms with van der Waals surface area (Å²) >= 11 is 0. The second-order valence-corrected chi connectivity index (χ2v) is 6.45. The van der Waals surface area contributed by atoms with Crippen LogP contribution in [0.2, 0.25) is 0 Å². The number of hydrogen-bond donors (Lipinski definition) is 3. The van der Waals surface area contributed by atoms with E-state index in [0.717, 1.165) is 18.6 Å². The summed E-state index contributed by atoms with van der Waals surface area (Å²) in [5.41, 5.74) is -0.592. The highest BCUT2D eigenvalue weighted by molar-refractivity contribution is 6.04. The Morgan fingerprint density at radius 2 is 1.93 bits per heavy atom. The summed E-state index contributed by atoms with van der Waals surface area (Å²) in [6.07, 6.45) is -2.45. The van der Waals surface area contributed by atoms with Gasteiger partial charge in [0.05, 0.1) is 11.9 Å². The van der Waals surface area contributed by atoms with E-state index < -0.39 is 23.6 Å². The lowest BCUT2D eigenvalue weighted by Crippen LogP contribution is -2.30. The minimum Gasteiger partial charge on any atom is -0.351 e. The van der Waals surface area contributed by atoms with Gasteiger partial charge in [-0.3, -0.25) is 9.59 Å². The summed E-state index contributed by atoms with van der Waals surface area (Å²) in [6.45, 7) is 4.38. The monoisotopic (exact) mass is 382 g/mol. The van der Waals surface area contributed by atoms with Gasteiger partial charge in [0.1, 0.15) is 5.69 Å². The van der Waals surface area contributed by atoms with E-state index in [0.29, 0.717) is 18.0 Å². The molecule has 0 aliphatic carbocycles. The van der Waals surface area contributed by atoms with Gasteiger partial charge in [0.15, 0.2) is 5.69 Å². The Labute approximate surface area is 154 Å². The number of H-pyrrole nitrogens is 1. The number of halogens is 3. The van der Waals surface area contributed by atoms with Crippen LogP contribution in [0.1, 0.15) is 52.4 Å². The van der Waals surface area contributed by atoms with Crippen molar-refractivity contribution in [3.05, 3.63) is 53.1 Å². The number of aromatic amines is 1. The molecule has 0 saturated carbocycles. The average Bonchev–Trinajstić information content (AvgIpc) is 3.08. The molecule has 0 aliphatic rings. The summed E-state index contributed by atoms with van der Waals surface area (Å²) < 4.78 is 38.2. The molecule has 0 atom stereocenters. The molecule has 0 spiro atoms. The molecule has 27 heavy (non-hydrogen) atoms. The fourth-order valence-corrected chi connectivity index (χ4v) is 2.33. The Hall–Kier alpha value is -2.84. The Bertz CT molecular complexity index is 800. The molecular weight excluding hydrogens is 361 g/mol. The zero-order valence-electron chi connectivity index (χ0n) is 15.0. The van der Waals surface area contributed by atoms with Gasteiger partial charge in [-0.1, -0.05) is 26.0 Å². The van der Waals surface area contributed by atoms with Crippen LogP contribution in [-0.2, 0) is 12.7 Å². The van der Waals surface area contributed by atoms with Crippen LogP contribution in [0.25, 0.3) is 0 Å². The van der Waals surface area contributed by atoms with E-state index >= 15 is 0 Å². The summed E-state index contributed by atoms with van der Waals surface area (Å²) in [6, 6.07) is 4.67. The third kappa shape index (κ3) is 5.83. The number of rotatable bonds is 7. The van der Waals surface area contributed by atoms with Gasteiger partial charge in [0.2, 0.25) is 0 Å². The largest absolute Gasteiger partial charge is 0.416 e. The number of benzene rings is 1. The second kappa shape index (κ2) is 8.70. The van der Waals surface area contributed by atoms with Crippen molar-refractivity contribution in [1.82, 2.24) is 20.6 Å². The standard InChI is InChI=1S/C18H21F3N4O2/c1-11(2)6-7-22-16(26)14-15(25-10-24-14)17(27)23-9-12-4-3-5-13(8-12)18(19,20)21/h3-5,8,10-11H,6-7,9H2,1-2H3,(H,22,26)(H,23,27)(H,24,25). The third-order valence-corrected chi connectivity index (χ3v) is 3.80. The van der Waals surface area contributed by atoms with E-state index in [1.807, 2.05) is 13.8 Å². The molecule has 9 heteroatoms. The predicted molar refractivity (Wildman–Crippen MR) is 93.0 cm³/mol. The van der Waals surface area contributed by atoms with Gasteiger partial charge in [-0.25, -0.2) is 4.98 Å². The van der Waals surface area contributed by atoms with Crippen LogP contribution in [0, 0.1) is 5.92 Å². The lowest BCUT2D eigenvalue weighted by atomic mass is 10.1. The maximum Gasteiger partial charge on any atom is 0.416 e. The maximum absolute atomic E-state index is 12.7. The van der Waals surface area contributed by atoms with Crippen LogP contribution in [-0.4, -0.2) is 28.3 Å². The zero-order chi connectivity index (χ0) is 20.0. The highest BCUT2D eigenvalue weighted by Gasteiger charge is 2.30. The Morgan fingerprint density at radius 3 is 2.59 bits per heavy atom. The van der Waals surface area contributed by atoms with Gasteiger partial charge in [0.25, 0.3) is 11.8 Å². The Morgan fingerprint density at radius 1 is 1.19 bits per heavy atom. The predicted octanol–water partition coefficient (Wildman–Crippen LogP) is 3.13. The van der Waals surface area contributed by atoms with E-state index in [4.69, 9.17) is 0 Å². The van der Waals surface area contributed by atoms with Crippen LogP contribution in [0.4, 0.5) is 13.2 Å². The first-order chi connectivity index (χ1) is 12.7. The molecule has 2 aromatic rings. The van der Waals surface area contributed by atoms with Crippen molar-refractivity contribution >= 4 is 11.8 Å². The molecule has 1 heterocycles. The lowest BCUT2D eigenvalue weighted by Gasteiger charge is -2.10. The van der Waals surface area contributed by atoms with E-state index in [1.165, 1.54) is 18.5 Å². The normalized spacial score (nSPS) is 11.5. The Kier molecular flexibility index (Phi) is 6.59. The molecule has 2 rings (SSSR count). The quantitative estimate of drug-likeness (QED) is 0.688. The molecule has 3 N–H and O–H groups in total. The topological polar surface area (TPSA) is 86.9 Å². The maximum atomic E-state index is 12.7. The lowest BCUT2D eigenvalue weighted by molar-refractivity contribution is -0.137. The first-order valence-electron chi connectivity index (χ1n) is 8.44. The molecule has 146 valence electrons. The third-order valence-electron chi connectivity index (χ3n) is 3.80. The number of nitrogens with zero attached hydrogens (tertiary/aromatic N) is 1. The van der Waals surface area contributed by atoms with E-state index in [2.05, 4.69) is 20.6 Å². The first kappa shape index (κ1) is 20.5. The van der Waals surface area contributed by atoms with E-state index in [-0.39, 0.29) is 17.9 Å². The molecule has 0 fully saturated rings. The molecule has 0 bridgehead atoms. The van der Waals surface area contributed by atoms with E-state index in [9.17, 15) is 22.8 Å². The highest BCUT2D eigenvalue weighted by Crippen LogP contribution is 2.29. The number of carbonyl (C=O) groups excluding carboxylic acids is 2. The van der Waals surface area contributed by atoms with Crippen molar-refractivity contribution in [2.45, 2.75) is 33.0 Å². The second-order valence-electron chi connectivity index (χ2n) is 6.45.